The van der Waals surface area contributed by atoms with Crippen molar-refractivity contribution >= 4 is 41.4 Å². The fraction of sp³-hybridized carbons (Fsp3) is 0.0714. The van der Waals surface area contributed by atoms with Gasteiger partial charge in [-0.25, -0.2) is 5.10 Å². The van der Waals surface area contributed by atoms with Gasteiger partial charge < -0.3 is 0 Å². The minimum Gasteiger partial charge on any atom is -0.250 e. The van der Waals surface area contributed by atoms with Crippen LogP contribution in [-0.4, -0.2) is 21.1 Å². The van der Waals surface area contributed by atoms with E-state index in [-0.39, 0.29) is 0 Å². The maximum Gasteiger partial charge on any atom is 0.216 e. The smallest absolute Gasteiger partial charge is 0.216 e. The Kier molecular flexibility index (Phi) is 4.01. The molecule has 0 saturated heterocycles. The van der Waals surface area contributed by atoms with Crippen molar-refractivity contribution in [3.63, 3.8) is 0 Å². The highest BCUT2D eigenvalue weighted by Crippen LogP contribution is 2.21. The molecule has 3 aromatic rings. The molecule has 1 aromatic carbocycles. The third-order valence-electron chi connectivity index (χ3n) is 2.79. The van der Waals surface area contributed by atoms with Crippen LogP contribution < -0.4 is 0 Å². The summed E-state index contributed by atoms with van der Waals surface area (Å²) in [5, 5.41) is 12.0. The van der Waals surface area contributed by atoms with Gasteiger partial charge in [0.2, 0.25) is 4.77 Å². The lowest BCUT2D eigenvalue weighted by Crippen LogP contribution is -1.94. The molecule has 0 radical (unpaired) electrons. The van der Waals surface area contributed by atoms with Crippen molar-refractivity contribution in [3.8, 4) is 11.4 Å². The van der Waals surface area contributed by atoms with Crippen LogP contribution in [0, 0.1) is 11.7 Å². The van der Waals surface area contributed by atoms with Gasteiger partial charge >= 0.3 is 0 Å². The minimum absolute atomic E-state index is 0.439. The molecule has 2 heterocycles. The predicted molar refractivity (Wildman–Crippen MR) is 89.9 cm³/mol. The summed E-state index contributed by atoms with van der Waals surface area (Å²) in [7, 11) is 0. The summed E-state index contributed by atoms with van der Waals surface area (Å²) in [6.45, 7) is 2.06. The second kappa shape index (κ2) is 5.93. The maximum absolute atomic E-state index is 6.02. The average molecular weight is 335 g/mol. The Morgan fingerprint density at radius 3 is 2.95 bits per heavy atom. The summed E-state index contributed by atoms with van der Waals surface area (Å²) in [4.78, 5) is 2.30. The fourth-order valence-electron chi connectivity index (χ4n) is 1.85. The van der Waals surface area contributed by atoms with Gasteiger partial charge in [-0.05, 0) is 43.4 Å². The summed E-state index contributed by atoms with van der Waals surface area (Å²) in [5.41, 5.74) is 0.856. The van der Waals surface area contributed by atoms with Crippen LogP contribution in [0.5, 0.6) is 0 Å². The molecular weight excluding hydrogens is 324 g/mol. The molecule has 0 amide bonds. The molecule has 0 aliphatic rings. The molecule has 7 heteroatoms. The number of aromatic amines is 1. The van der Waals surface area contributed by atoms with Gasteiger partial charge in [-0.1, -0.05) is 23.7 Å². The summed E-state index contributed by atoms with van der Waals surface area (Å²) in [5.74, 6) is 0.632. The number of nitrogens with one attached hydrogen (secondary N) is 1. The second-order valence-electron chi connectivity index (χ2n) is 4.37. The monoisotopic (exact) mass is 334 g/mol. The first-order chi connectivity index (χ1) is 10.1. The molecule has 106 valence electrons. The first-order valence-electron chi connectivity index (χ1n) is 6.17. The SMILES string of the molecule is Cc1ccc(/C=N\n2c(-c3cccc(Cl)c3)n[nH]c2=S)s1. The molecule has 0 saturated carbocycles. The van der Waals surface area contributed by atoms with E-state index in [2.05, 4.69) is 28.3 Å². The summed E-state index contributed by atoms with van der Waals surface area (Å²) in [6.07, 6.45) is 1.77. The van der Waals surface area contributed by atoms with Crippen molar-refractivity contribution in [1.82, 2.24) is 14.9 Å². The topological polar surface area (TPSA) is 46.0 Å². The van der Waals surface area contributed by atoms with Gasteiger partial charge in [-0.15, -0.1) is 11.3 Å². The van der Waals surface area contributed by atoms with Crippen LogP contribution in [0.25, 0.3) is 11.4 Å². The molecule has 4 nitrogen and oxygen atoms in total. The summed E-state index contributed by atoms with van der Waals surface area (Å²) >= 11 is 12.9. The van der Waals surface area contributed by atoms with E-state index in [0.29, 0.717) is 15.6 Å². The second-order valence-corrected chi connectivity index (χ2v) is 6.51. The molecule has 0 unspecified atom stereocenters. The Hall–Kier alpha value is -1.76. The van der Waals surface area contributed by atoms with Crippen LogP contribution in [-0.2, 0) is 0 Å². The van der Waals surface area contributed by atoms with E-state index in [9.17, 15) is 0 Å². The molecule has 2 aromatic heterocycles. The molecule has 1 N–H and O–H groups in total. The molecule has 0 spiro atoms. The lowest BCUT2D eigenvalue weighted by Gasteiger charge is -2.01. The zero-order valence-corrected chi connectivity index (χ0v) is 13.5. The van der Waals surface area contributed by atoms with E-state index >= 15 is 0 Å². The van der Waals surface area contributed by atoms with Gasteiger partial charge in [0, 0.05) is 20.3 Å². The van der Waals surface area contributed by atoms with E-state index in [1.54, 1.807) is 22.2 Å². The lowest BCUT2D eigenvalue weighted by atomic mass is 10.2. The highest BCUT2D eigenvalue weighted by molar-refractivity contribution is 7.71. The van der Waals surface area contributed by atoms with Gasteiger partial charge in [0.25, 0.3) is 0 Å². The number of benzene rings is 1. The van der Waals surface area contributed by atoms with Gasteiger partial charge in [0.1, 0.15) is 0 Å². The van der Waals surface area contributed by atoms with E-state index in [0.717, 1.165) is 10.4 Å². The van der Waals surface area contributed by atoms with Crippen LogP contribution in [0.15, 0.2) is 41.5 Å². The number of nitrogens with zero attached hydrogens (tertiary/aromatic N) is 3. The normalized spacial score (nSPS) is 11.3. The number of rotatable bonds is 3. The number of aromatic nitrogens is 3. The van der Waals surface area contributed by atoms with Crippen LogP contribution in [0.1, 0.15) is 9.75 Å². The summed E-state index contributed by atoms with van der Waals surface area (Å²) < 4.78 is 2.03. The standard InChI is InChI=1S/C14H11ClN4S2/c1-9-5-6-12(21-9)8-16-19-13(17-18-14(19)20)10-3-2-4-11(15)7-10/h2-8H,1H3,(H,18,20)/b16-8-. The van der Waals surface area contributed by atoms with E-state index in [4.69, 9.17) is 23.8 Å². The molecule has 21 heavy (non-hydrogen) atoms. The first kappa shape index (κ1) is 14.2. The first-order valence-corrected chi connectivity index (χ1v) is 7.78. The Bertz CT molecular complexity index is 860. The largest absolute Gasteiger partial charge is 0.250 e. The van der Waals surface area contributed by atoms with Crippen molar-refractivity contribution < 1.29 is 0 Å². The molecule has 0 aliphatic carbocycles. The average Bonchev–Trinajstić information content (AvgIpc) is 3.03. The van der Waals surface area contributed by atoms with Crippen molar-refractivity contribution in [3.05, 3.63) is 55.9 Å². The molecular formula is C14H11ClN4S2. The summed E-state index contributed by atoms with van der Waals surface area (Å²) in [6, 6.07) is 11.5. The quantitative estimate of drug-likeness (QED) is 0.565. The number of hydrogen-bond acceptors (Lipinski definition) is 4. The van der Waals surface area contributed by atoms with Gasteiger partial charge in [-0.3, -0.25) is 0 Å². The third kappa shape index (κ3) is 3.12. The third-order valence-corrected chi connectivity index (χ3v) is 4.23. The lowest BCUT2D eigenvalue weighted by molar-refractivity contribution is 0.872. The maximum atomic E-state index is 6.02. The molecule has 0 fully saturated rings. The number of thiophene rings is 1. The number of hydrogen-bond donors (Lipinski definition) is 1. The molecule has 3 rings (SSSR count). The van der Waals surface area contributed by atoms with Crippen molar-refractivity contribution in [2.45, 2.75) is 6.92 Å². The van der Waals surface area contributed by atoms with Crippen LogP contribution in [0.4, 0.5) is 0 Å². The van der Waals surface area contributed by atoms with Crippen LogP contribution in [0.2, 0.25) is 5.02 Å². The minimum atomic E-state index is 0.439. The van der Waals surface area contributed by atoms with Crippen molar-refractivity contribution in [2.24, 2.45) is 5.10 Å². The Morgan fingerprint density at radius 2 is 2.24 bits per heavy atom. The Balaban J connectivity index is 2.01. The van der Waals surface area contributed by atoms with Crippen molar-refractivity contribution in [1.29, 1.82) is 0 Å². The highest BCUT2D eigenvalue weighted by atomic mass is 35.5. The highest BCUT2D eigenvalue weighted by Gasteiger charge is 2.08. The molecule has 0 aliphatic heterocycles. The van der Waals surface area contributed by atoms with Gasteiger partial charge in [0.05, 0.1) is 6.21 Å². The number of aryl methyl sites for hydroxylation is 1. The predicted octanol–water partition coefficient (Wildman–Crippen LogP) is 4.51. The van der Waals surface area contributed by atoms with E-state index < -0.39 is 0 Å². The van der Waals surface area contributed by atoms with Gasteiger partial charge in [-0.2, -0.15) is 14.9 Å². The van der Waals surface area contributed by atoms with E-state index in [1.807, 2.05) is 30.3 Å². The van der Waals surface area contributed by atoms with Crippen LogP contribution in [0.3, 0.4) is 0 Å². The Labute approximate surface area is 135 Å². The zero-order valence-electron chi connectivity index (χ0n) is 11.1. The van der Waals surface area contributed by atoms with Crippen LogP contribution >= 0.6 is 35.2 Å². The number of H-pyrrole nitrogens is 1. The molecule has 0 bridgehead atoms. The molecule has 0 atom stereocenters. The van der Waals surface area contributed by atoms with E-state index in [1.165, 1.54) is 4.88 Å². The zero-order chi connectivity index (χ0) is 14.8. The van der Waals surface area contributed by atoms with Gasteiger partial charge in [0.15, 0.2) is 5.82 Å². The fourth-order valence-corrected chi connectivity index (χ4v) is 2.96. The van der Waals surface area contributed by atoms with Crippen molar-refractivity contribution in [2.75, 3.05) is 0 Å². The number of halogens is 1. The Morgan fingerprint density at radius 1 is 1.38 bits per heavy atom.